The summed E-state index contributed by atoms with van der Waals surface area (Å²) in [6.45, 7) is 2.39. The van der Waals surface area contributed by atoms with E-state index in [0.29, 0.717) is 90.8 Å². The molecule has 510 valence electrons. The van der Waals surface area contributed by atoms with Crippen LogP contribution in [0.3, 0.4) is 0 Å². The molecule has 0 bridgehead atoms. The Bertz CT molecular complexity index is 2420. The molecule has 25 heteroatoms. The molecule has 1 aliphatic heterocycles. The highest BCUT2D eigenvalue weighted by molar-refractivity contribution is 5.90. The maximum atomic E-state index is 13.7. The number of methoxy groups -OCH3 is 1. The number of hydrogen-bond donors (Lipinski definition) is 6. The molecule has 6 aliphatic rings. The van der Waals surface area contributed by atoms with Gasteiger partial charge in [-0.25, -0.2) is 0 Å². The van der Waals surface area contributed by atoms with Crippen molar-refractivity contribution in [3.8, 4) is 0 Å². The Hall–Kier alpha value is -5.86. The minimum Gasteiger partial charge on any atom is -0.481 e. The van der Waals surface area contributed by atoms with Crippen LogP contribution in [-0.4, -0.2) is 208 Å². The first-order chi connectivity index (χ1) is 44.1. The van der Waals surface area contributed by atoms with Crippen LogP contribution in [0.2, 0.25) is 0 Å². The van der Waals surface area contributed by atoms with Crippen molar-refractivity contribution in [2.24, 2.45) is 17.8 Å². The molecular formula is C66H104N8O17. The van der Waals surface area contributed by atoms with Crippen LogP contribution in [-0.2, 0) is 76.3 Å². The van der Waals surface area contributed by atoms with E-state index in [1.165, 1.54) is 12.0 Å². The van der Waals surface area contributed by atoms with Gasteiger partial charge in [0.2, 0.25) is 41.4 Å². The highest BCUT2D eigenvalue weighted by atomic mass is 16.5. The molecule has 0 aromatic carbocycles. The van der Waals surface area contributed by atoms with Crippen LogP contribution in [0.1, 0.15) is 185 Å². The van der Waals surface area contributed by atoms with Crippen molar-refractivity contribution in [3.05, 3.63) is 30.1 Å². The first kappa shape index (κ1) is 72.6. The Morgan fingerprint density at radius 3 is 1.35 bits per heavy atom. The lowest BCUT2D eigenvalue weighted by Gasteiger charge is -2.29. The van der Waals surface area contributed by atoms with Crippen molar-refractivity contribution in [3.63, 3.8) is 0 Å². The molecule has 7 amide bonds. The largest absolute Gasteiger partial charge is 0.481 e. The highest BCUT2D eigenvalue weighted by Crippen LogP contribution is 2.37. The van der Waals surface area contributed by atoms with Crippen molar-refractivity contribution in [2.75, 3.05) is 86.5 Å². The smallest absolute Gasteiger partial charge is 0.308 e. The van der Waals surface area contributed by atoms with Gasteiger partial charge in [-0.3, -0.25) is 48.1 Å². The van der Waals surface area contributed by atoms with Gasteiger partial charge in [-0.1, -0.05) is 6.07 Å². The number of carbonyl (C=O) groups excluding carboxylic acids is 8. The molecule has 5 aliphatic carbocycles. The Balaban J connectivity index is 0.749. The Labute approximate surface area is 536 Å². The van der Waals surface area contributed by atoms with E-state index in [9.17, 15) is 48.3 Å². The molecule has 91 heavy (non-hydrogen) atoms. The van der Waals surface area contributed by atoms with Crippen LogP contribution in [0.25, 0.3) is 0 Å². The highest BCUT2D eigenvalue weighted by Gasteiger charge is 2.43. The molecule has 0 unspecified atom stereocenters. The molecule has 2 heterocycles. The van der Waals surface area contributed by atoms with Gasteiger partial charge in [0.25, 0.3) is 0 Å². The zero-order chi connectivity index (χ0) is 64.7. The summed E-state index contributed by atoms with van der Waals surface area (Å²) in [7, 11) is 3.12. The number of carbonyl (C=O) groups is 9. The SMILES string of the molecule is COC(=O)C1CCC(NC(=O)CCCOC2CCC(OCCNC(=O)CN(CC(=O)NCCOC3CCC(OCCCC(=O)NC4CCC(C(=O)O)CC4)CC3)C(=O)CCCOC3CCC(OCCNC(=O)[C@H]4CC(=O)N(C)[C@@H]4c4cccnc4)CC3)CC2)CC1. The minimum atomic E-state index is -0.763. The third-order valence-corrected chi connectivity index (χ3v) is 18.9. The Kier molecular flexibility index (Phi) is 31.6. The van der Waals surface area contributed by atoms with Gasteiger partial charge in [-0.15, -0.1) is 0 Å². The lowest BCUT2D eigenvalue weighted by molar-refractivity contribution is -0.147. The van der Waals surface area contributed by atoms with Gasteiger partial charge in [0.05, 0.1) is 87.3 Å². The lowest BCUT2D eigenvalue weighted by Crippen LogP contribution is -2.46. The molecule has 2 atom stereocenters. The predicted octanol–water partition coefficient (Wildman–Crippen LogP) is 4.76. The minimum absolute atomic E-state index is 0.00212. The Morgan fingerprint density at radius 1 is 0.538 bits per heavy atom. The number of pyridine rings is 1. The maximum Gasteiger partial charge on any atom is 0.308 e. The van der Waals surface area contributed by atoms with Gasteiger partial charge >= 0.3 is 11.9 Å². The van der Waals surface area contributed by atoms with Gasteiger partial charge in [0, 0.05) is 96.7 Å². The lowest BCUT2D eigenvalue weighted by atomic mass is 9.86. The van der Waals surface area contributed by atoms with Crippen LogP contribution in [0.15, 0.2) is 24.5 Å². The number of amides is 7. The van der Waals surface area contributed by atoms with E-state index in [2.05, 4.69) is 31.6 Å². The number of likely N-dealkylation sites (tertiary alicyclic amines) is 1. The van der Waals surface area contributed by atoms with Crippen LogP contribution < -0.4 is 26.6 Å². The van der Waals surface area contributed by atoms with Gasteiger partial charge in [0.1, 0.15) is 13.1 Å². The number of carboxylic acid groups (broad SMARTS) is 1. The summed E-state index contributed by atoms with van der Waals surface area (Å²) in [5.74, 6) is -3.31. The molecule has 1 aromatic rings. The second-order valence-corrected chi connectivity index (χ2v) is 25.6. The summed E-state index contributed by atoms with van der Waals surface area (Å²) in [4.78, 5) is 121. The van der Waals surface area contributed by atoms with Crippen molar-refractivity contribution < 1.29 is 81.4 Å². The molecule has 6 N–H and O–H groups in total. The quantitative estimate of drug-likeness (QED) is 0.0386. The van der Waals surface area contributed by atoms with Gasteiger partial charge in [-0.2, -0.15) is 0 Å². The van der Waals surface area contributed by atoms with E-state index in [0.717, 1.165) is 108 Å². The average Bonchev–Trinajstić information content (AvgIpc) is 2.00. The van der Waals surface area contributed by atoms with E-state index in [-0.39, 0.29) is 154 Å². The summed E-state index contributed by atoms with van der Waals surface area (Å²) < 4.78 is 41.6. The molecular weight excluding hydrogens is 1180 g/mol. The fourth-order valence-electron chi connectivity index (χ4n) is 13.6. The standard InChI is InChI=1S/C66H104N8O17/c1-73-62(80)41-56(63(73)47-7-3-31-67-42-47)64(81)70-34-40-91-55-29-23-52(24-30-55)88-37-6-10-61(79)74(43-59(77)68-32-38-89-53-25-19-50(20-26-53)86-35-4-8-57(75)71-48-15-11-45(12-16-48)65(82)83)44-60(78)69-33-39-90-54-27-21-51(22-28-54)87-36-5-9-58(76)72-49-17-13-46(14-18-49)66(84)85-2/h3,7,31,42,45-46,48-56,63H,4-6,8-30,32-41,43-44H2,1-2H3,(H,68,77)(H,69,78)(H,70,81)(H,71,75)(H,72,76)(H,82,83)/t45?,46?,48?,49?,50?,51?,52?,53?,54?,55?,56-,63+/m0/s1. The van der Waals surface area contributed by atoms with E-state index in [1.807, 2.05) is 6.07 Å². The predicted molar refractivity (Wildman–Crippen MR) is 332 cm³/mol. The third kappa shape index (κ3) is 25.9. The fourth-order valence-corrected chi connectivity index (χ4v) is 13.6. The molecule has 0 spiro atoms. The number of hydrogen-bond acceptors (Lipinski definition) is 17. The van der Waals surface area contributed by atoms with Gasteiger partial charge in [0.15, 0.2) is 0 Å². The number of ether oxygens (including phenoxy) is 7. The molecule has 7 rings (SSSR count). The van der Waals surface area contributed by atoms with E-state index >= 15 is 0 Å². The van der Waals surface area contributed by atoms with Crippen molar-refractivity contribution in [1.82, 2.24) is 41.4 Å². The van der Waals surface area contributed by atoms with E-state index < -0.39 is 23.7 Å². The second-order valence-electron chi connectivity index (χ2n) is 25.6. The maximum absolute atomic E-state index is 13.7. The summed E-state index contributed by atoms with van der Waals surface area (Å²) in [5, 5.41) is 24.0. The summed E-state index contributed by atoms with van der Waals surface area (Å²) >= 11 is 0. The molecule has 5 saturated carbocycles. The second kappa shape index (κ2) is 39.6. The van der Waals surface area contributed by atoms with Crippen LogP contribution in [0.4, 0.5) is 0 Å². The number of aliphatic carboxylic acids is 1. The number of rotatable bonds is 37. The molecule has 1 aromatic heterocycles. The molecule has 6 fully saturated rings. The van der Waals surface area contributed by atoms with Crippen LogP contribution in [0.5, 0.6) is 0 Å². The van der Waals surface area contributed by atoms with Crippen molar-refractivity contribution in [2.45, 2.75) is 228 Å². The van der Waals surface area contributed by atoms with Crippen molar-refractivity contribution in [1.29, 1.82) is 0 Å². The molecule has 1 saturated heterocycles. The van der Waals surface area contributed by atoms with E-state index in [1.54, 1.807) is 30.4 Å². The molecule has 0 radical (unpaired) electrons. The van der Waals surface area contributed by atoms with Crippen molar-refractivity contribution >= 4 is 53.3 Å². The number of nitrogens with one attached hydrogen (secondary N) is 5. The monoisotopic (exact) mass is 1280 g/mol. The number of carboxylic acids is 1. The summed E-state index contributed by atoms with van der Waals surface area (Å²) in [5.41, 5.74) is 0.822. The summed E-state index contributed by atoms with van der Waals surface area (Å²) in [6, 6.07) is 3.42. The zero-order valence-corrected chi connectivity index (χ0v) is 53.9. The van der Waals surface area contributed by atoms with Gasteiger partial charge < -0.3 is 74.6 Å². The van der Waals surface area contributed by atoms with Crippen LogP contribution in [0, 0.1) is 17.8 Å². The Morgan fingerprint density at radius 2 is 0.945 bits per heavy atom. The molecule has 25 nitrogen and oxygen atoms in total. The number of aromatic nitrogens is 1. The summed E-state index contributed by atoms with van der Waals surface area (Å²) in [6.07, 6.45) is 21.3. The average molecular weight is 1280 g/mol. The normalized spacial score (nSPS) is 26.8. The fraction of sp³-hybridized carbons (Fsp3) is 0.788. The number of esters is 1. The third-order valence-electron chi connectivity index (χ3n) is 18.9. The first-order valence-corrected chi connectivity index (χ1v) is 33.9. The van der Waals surface area contributed by atoms with Gasteiger partial charge in [-0.05, 0) is 159 Å². The topological polar surface area (TPSA) is 318 Å². The zero-order valence-electron chi connectivity index (χ0n) is 53.9. The van der Waals surface area contributed by atoms with Crippen LogP contribution >= 0.6 is 0 Å². The number of nitrogens with zero attached hydrogens (tertiary/aromatic N) is 3. The van der Waals surface area contributed by atoms with E-state index in [4.69, 9.17) is 33.2 Å². The first-order valence-electron chi connectivity index (χ1n) is 33.9.